The van der Waals surface area contributed by atoms with E-state index in [0.29, 0.717) is 36.8 Å². The molecule has 0 spiro atoms. The number of methoxy groups -OCH3 is 1. The van der Waals surface area contributed by atoms with Crippen molar-refractivity contribution < 1.29 is 13.9 Å². The summed E-state index contributed by atoms with van der Waals surface area (Å²) in [6, 6.07) is 9.09. The molecule has 0 bridgehead atoms. The van der Waals surface area contributed by atoms with Gasteiger partial charge in [0.2, 0.25) is 0 Å². The predicted molar refractivity (Wildman–Crippen MR) is 151 cm³/mol. The number of anilines is 2. The molecule has 0 aliphatic carbocycles. The highest BCUT2D eigenvalue weighted by molar-refractivity contribution is 5.65. The normalized spacial score (nSPS) is 14.6. The van der Waals surface area contributed by atoms with Crippen molar-refractivity contribution >= 4 is 17.2 Å². The van der Waals surface area contributed by atoms with Crippen LogP contribution in [0.4, 0.5) is 15.9 Å². The zero-order chi connectivity index (χ0) is 27.7. The van der Waals surface area contributed by atoms with Gasteiger partial charge in [-0.25, -0.2) is 13.9 Å². The predicted octanol–water partition coefficient (Wildman–Crippen LogP) is 5.35. The van der Waals surface area contributed by atoms with E-state index in [9.17, 15) is 4.39 Å². The van der Waals surface area contributed by atoms with E-state index in [1.54, 1.807) is 12.1 Å². The van der Waals surface area contributed by atoms with E-state index in [-0.39, 0.29) is 11.2 Å². The molecule has 1 aromatic carbocycles. The third kappa shape index (κ3) is 5.89. The Morgan fingerprint density at radius 1 is 1.08 bits per heavy atom. The average Bonchev–Trinajstić information content (AvgIpc) is 3.20. The van der Waals surface area contributed by atoms with E-state index in [1.807, 2.05) is 24.6 Å². The summed E-state index contributed by atoms with van der Waals surface area (Å²) < 4.78 is 27.6. The van der Waals surface area contributed by atoms with E-state index in [2.05, 4.69) is 48.1 Å². The highest BCUT2D eigenvalue weighted by Crippen LogP contribution is 2.32. The molecular formula is C30H37FN6O2. The number of imidazole rings is 1. The lowest BCUT2D eigenvalue weighted by Crippen LogP contribution is -2.35. The molecule has 5 rings (SSSR count). The Hall–Kier alpha value is -3.56. The van der Waals surface area contributed by atoms with Crippen molar-refractivity contribution in [3.8, 4) is 5.75 Å². The molecule has 1 fully saturated rings. The number of rotatable bonds is 7. The molecule has 3 aromatic heterocycles. The second kappa shape index (κ2) is 10.9. The fourth-order valence-corrected chi connectivity index (χ4v) is 4.99. The molecule has 9 heteroatoms. The van der Waals surface area contributed by atoms with Crippen LogP contribution in [0.5, 0.6) is 5.75 Å². The molecule has 8 nitrogen and oxygen atoms in total. The Balaban J connectivity index is 1.60. The van der Waals surface area contributed by atoms with Gasteiger partial charge >= 0.3 is 0 Å². The number of aryl methyl sites for hydroxylation is 2. The van der Waals surface area contributed by atoms with Crippen LogP contribution >= 0.6 is 0 Å². The Labute approximate surface area is 229 Å². The molecule has 1 aliphatic heterocycles. The maximum atomic E-state index is 14.9. The Morgan fingerprint density at radius 2 is 1.85 bits per heavy atom. The van der Waals surface area contributed by atoms with Gasteiger partial charge in [0.05, 0.1) is 31.7 Å². The van der Waals surface area contributed by atoms with Crippen LogP contribution in [0.2, 0.25) is 0 Å². The fourth-order valence-electron chi connectivity index (χ4n) is 4.99. The first kappa shape index (κ1) is 27.0. The second-order valence-electron chi connectivity index (χ2n) is 11.2. The second-order valence-corrected chi connectivity index (χ2v) is 11.2. The third-order valence-corrected chi connectivity index (χ3v) is 7.18. The maximum Gasteiger partial charge on any atom is 0.158 e. The Morgan fingerprint density at radius 3 is 2.54 bits per heavy atom. The topological polar surface area (TPSA) is 76.8 Å². The first-order valence-electron chi connectivity index (χ1n) is 13.4. The summed E-state index contributed by atoms with van der Waals surface area (Å²) in [6.07, 6.45) is 2.29. The zero-order valence-corrected chi connectivity index (χ0v) is 23.6. The van der Waals surface area contributed by atoms with Crippen LogP contribution < -0.4 is 10.1 Å². The van der Waals surface area contributed by atoms with E-state index in [1.165, 1.54) is 13.2 Å². The summed E-state index contributed by atoms with van der Waals surface area (Å²) in [4.78, 5) is 11.8. The van der Waals surface area contributed by atoms with E-state index < -0.39 is 0 Å². The van der Waals surface area contributed by atoms with Crippen LogP contribution in [-0.2, 0) is 23.1 Å². The number of nitrogens with one attached hydrogen (secondary N) is 1. The van der Waals surface area contributed by atoms with Gasteiger partial charge in [-0.15, -0.1) is 5.10 Å². The zero-order valence-electron chi connectivity index (χ0n) is 23.6. The lowest BCUT2D eigenvalue weighted by atomic mass is 9.87. The van der Waals surface area contributed by atoms with Gasteiger partial charge in [0.15, 0.2) is 11.5 Å². The highest BCUT2D eigenvalue weighted by Gasteiger charge is 2.22. The molecule has 0 amide bonds. The summed E-state index contributed by atoms with van der Waals surface area (Å²) in [6.45, 7) is 14.3. The smallest absolute Gasteiger partial charge is 0.158 e. The SMILES string of the molecule is COc1ccc(Cc2c(C)nc3c(CN4CCOCC4)cc(Nc4cc(C)ncc4C(C)(C)C)nn23)c(F)c1. The highest BCUT2D eigenvalue weighted by atomic mass is 19.1. The first-order chi connectivity index (χ1) is 18.6. The van der Waals surface area contributed by atoms with Gasteiger partial charge in [0.1, 0.15) is 11.6 Å². The number of halogens is 1. The number of fused-ring (bicyclic) bond motifs is 1. The van der Waals surface area contributed by atoms with Crippen LogP contribution in [0.15, 0.2) is 36.5 Å². The molecule has 1 saturated heterocycles. The van der Waals surface area contributed by atoms with Crippen molar-refractivity contribution in [1.29, 1.82) is 0 Å². The first-order valence-corrected chi connectivity index (χ1v) is 13.4. The molecule has 0 unspecified atom stereocenters. The van der Waals surface area contributed by atoms with Gasteiger partial charge < -0.3 is 14.8 Å². The fraction of sp³-hybridized carbons (Fsp3) is 0.433. The molecule has 0 radical (unpaired) electrons. The largest absolute Gasteiger partial charge is 0.497 e. The molecule has 1 aliphatic rings. The minimum Gasteiger partial charge on any atom is -0.497 e. The molecule has 0 saturated carbocycles. The minimum absolute atomic E-state index is 0.105. The van der Waals surface area contributed by atoms with Gasteiger partial charge in [0.25, 0.3) is 0 Å². The minimum atomic E-state index is -0.311. The van der Waals surface area contributed by atoms with Gasteiger partial charge in [-0.05, 0) is 48.6 Å². The van der Waals surface area contributed by atoms with Crippen LogP contribution in [0.25, 0.3) is 5.65 Å². The van der Waals surface area contributed by atoms with Crippen molar-refractivity contribution in [2.45, 2.75) is 53.0 Å². The van der Waals surface area contributed by atoms with Crippen LogP contribution in [0.3, 0.4) is 0 Å². The number of ether oxygens (including phenoxy) is 2. The number of pyridine rings is 1. The summed E-state index contributed by atoms with van der Waals surface area (Å²) in [5.74, 6) is 0.884. The van der Waals surface area contributed by atoms with Crippen molar-refractivity contribution in [3.63, 3.8) is 0 Å². The molecule has 1 N–H and O–H groups in total. The number of hydrogen-bond donors (Lipinski definition) is 1. The van der Waals surface area contributed by atoms with Crippen LogP contribution in [0.1, 0.15) is 54.5 Å². The van der Waals surface area contributed by atoms with E-state index in [0.717, 1.165) is 59.2 Å². The number of morpholine rings is 1. The summed E-state index contributed by atoms with van der Waals surface area (Å²) in [5, 5.41) is 8.57. The van der Waals surface area contributed by atoms with Crippen molar-refractivity contribution in [2.75, 3.05) is 38.7 Å². The van der Waals surface area contributed by atoms with E-state index in [4.69, 9.17) is 19.6 Å². The average molecular weight is 533 g/mol. The van der Waals surface area contributed by atoms with Crippen molar-refractivity contribution in [1.82, 2.24) is 24.5 Å². The third-order valence-electron chi connectivity index (χ3n) is 7.18. The van der Waals surface area contributed by atoms with E-state index >= 15 is 0 Å². The van der Waals surface area contributed by atoms with Gasteiger partial charge in [0, 0.05) is 55.3 Å². The Kier molecular flexibility index (Phi) is 7.55. The molecule has 4 aromatic rings. The quantitative estimate of drug-likeness (QED) is 0.344. The van der Waals surface area contributed by atoms with Crippen LogP contribution in [-0.4, -0.2) is 57.9 Å². The van der Waals surface area contributed by atoms with Gasteiger partial charge in [-0.3, -0.25) is 9.88 Å². The van der Waals surface area contributed by atoms with Gasteiger partial charge in [-0.2, -0.15) is 0 Å². The van der Waals surface area contributed by atoms with Crippen molar-refractivity contribution in [2.24, 2.45) is 0 Å². The summed E-state index contributed by atoms with van der Waals surface area (Å²) in [5.41, 5.74) is 6.98. The standard InChI is InChI=1S/C30H37FN6O2/c1-19-13-26(24(17-32-19)30(3,4)5)34-28-15-22(18-36-9-11-39-12-10-36)29-33-20(2)27(37(29)35-28)14-21-7-8-23(38-6)16-25(21)31/h7-8,13,15-17H,9-12,14,18H2,1-6H3,(H,32,34,35). The summed E-state index contributed by atoms with van der Waals surface area (Å²) >= 11 is 0. The lowest BCUT2D eigenvalue weighted by Gasteiger charge is -2.27. The number of aromatic nitrogens is 4. The molecular weight excluding hydrogens is 495 g/mol. The Bertz CT molecular complexity index is 1490. The molecule has 0 atom stereocenters. The molecule has 4 heterocycles. The monoisotopic (exact) mass is 532 g/mol. The molecule has 39 heavy (non-hydrogen) atoms. The number of benzene rings is 1. The maximum absolute atomic E-state index is 14.9. The summed E-state index contributed by atoms with van der Waals surface area (Å²) in [7, 11) is 1.53. The lowest BCUT2D eigenvalue weighted by molar-refractivity contribution is 0.0343. The molecule has 206 valence electrons. The van der Waals surface area contributed by atoms with Crippen LogP contribution in [0, 0.1) is 19.7 Å². The van der Waals surface area contributed by atoms with Crippen molar-refractivity contribution in [3.05, 3.63) is 76.1 Å². The van der Waals surface area contributed by atoms with Gasteiger partial charge in [-0.1, -0.05) is 26.8 Å². The number of hydrogen-bond acceptors (Lipinski definition) is 7. The number of nitrogens with zero attached hydrogens (tertiary/aromatic N) is 5.